The highest BCUT2D eigenvalue weighted by molar-refractivity contribution is 5.47. The number of benzene rings is 1. The summed E-state index contributed by atoms with van der Waals surface area (Å²) in [6.45, 7) is 5.69. The van der Waals surface area contributed by atoms with Crippen molar-refractivity contribution < 1.29 is 9.13 Å². The highest BCUT2D eigenvalue weighted by Crippen LogP contribution is 2.21. The van der Waals surface area contributed by atoms with Crippen LogP contribution in [0.1, 0.15) is 13.8 Å². The van der Waals surface area contributed by atoms with E-state index in [4.69, 9.17) is 10.5 Å². The van der Waals surface area contributed by atoms with E-state index in [1.54, 1.807) is 12.1 Å². The molecule has 0 fully saturated rings. The van der Waals surface area contributed by atoms with Crippen LogP contribution in [-0.4, -0.2) is 19.7 Å². The SMILES string of the molecule is CCOc1ccc(NCC(C)CN)cc1F. The quantitative estimate of drug-likeness (QED) is 0.782. The van der Waals surface area contributed by atoms with Gasteiger partial charge in [-0.1, -0.05) is 6.92 Å². The smallest absolute Gasteiger partial charge is 0.167 e. The lowest BCUT2D eigenvalue weighted by Crippen LogP contribution is -2.19. The highest BCUT2D eigenvalue weighted by atomic mass is 19.1. The van der Waals surface area contributed by atoms with Gasteiger partial charge in [0, 0.05) is 18.3 Å². The molecule has 0 heterocycles. The highest BCUT2D eigenvalue weighted by Gasteiger charge is 2.04. The Morgan fingerprint density at radius 1 is 1.50 bits per heavy atom. The Kier molecular flexibility index (Phi) is 5.05. The van der Waals surface area contributed by atoms with Crippen molar-refractivity contribution in [1.82, 2.24) is 0 Å². The maximum atomic E-state index is 13.5. The van der Waals surface area contributed by atoms with E-state index in [-0.39, 0.29) is 5.82 Å². The predicted molar refractivity (Wildman–Crippen MR) is 64.3 cm³/mol. The summed E-state index contributed by atoms with van der Waals surface area (Å²) in [5.74, 6) is 0.321. The van der Waals surface area contributed by atoms with E-state index in [2.05, 4.69) is 5.32 Å². The van der Waals surface area contributed by atoms with E-state index in [0.717, 1.165) is 12.2 Å². The van der Waals surface area contributed by atoms with Gasteiger partial charge in [0.2, 0.25) is 0 Å². The molecule has 0 spiro atoms. The molecular weight excluding hydrogens is 207 g/mol. The fourth-order valence-corrected chi connectivity index (χ4v) is 1.26. The monoisotopic (exact) mass is 226 g/mol. The molecule has 0 radical (unpaired) electrons. The fourth-order valence-electron chi connectivity index (χ4n) is 1.26. The zero-order valence-corrected chi connectivity index (χ0v) is 9.79. The second kappa shape index (κ2) is 6.33. The Labute approximate surface area is 95.8 Å². The fraction of sp³-hybridized carbons (Fsp3) is 0.500. The first-order valence-corrected chi connectivity index (χ1v) is 5.53. The van der Waals surface area contributed by atoms with Crippen LogP contribution in [-0.2, 0) is 0 Å². The minimum Gasteiger partial charge on any atom is -0.491 e. The number of ether oxygens (including phenoxy) is 1. The Hall–Kier alpha value is -1.29. The van der Waals surface area contributed by atoms with E-state index in [9.17, 15) is 4.39 Å². The van der Waals surface area contributed by atoms with Crippen molar-refractivity contribution in [2.45, 2.75) is 13.8 Å². The number of halogens is 1. The number of anilines is 1. The van der Waals surface area contributed by atoms with Crippen LogP contribution in [0.25, 0.3) is 0 Å². The summed E-state index contributed by atoms with van der Waals surface area (Å²) >= 11 is 0. The summed E-state index contributed by atoms with van der Waals surface area (Å²) in [5, 5.41) is 3.13. The Morgan fingerprint density at radius 3 is 2.81 bits per heavy atom. The summed E-state index contributed by atoms with van der Waals surface area (Å²) in [5.41, 5.74) is 6.25. The molecule has 0 aliphatic carbocycles. The molecule has 0 bridgehead atoms. The maximum absolute atomic E-state index is 13.5. The minimum absolute atomic E-state index is 0.292. The van der Waals surface area contributed by atoms with Crippen molar-refractivity contribution in [3.63, 3.8) is 0 Å². The Balaban J connectivity index is 2.59. The van der Waals surface area contributed by atoms with Crippen LogP contribution in [0.4, 0.5) is 10.1 Å². The van der Waals surface area contributed by atoms with Crippen LogP contribution in [0, 0.1) is 11.7 Å². The van der Waals surface area contributed by atoms with Gasteiger partial charge in [-0.25, -0.2) is 4.39 Å². The zero-order valence-electron chi connectivity index (χ0n) is 9.79. The number of nitrogens with two attached hydrogens (primary N) is 1. The first-order chi connectivity index (χ1) is 7.67. The molecule has 90 valence electrons. The van der Waals surface area contributed by atoms with Crippen LogP contribution in [0.3, 0.4) is 0 Å². The average Bonchev–Trinajstić information content (AvgIpc) is 2.29. The summed E-state index contributed by atoms with van der Waals surface area (Å²) < 4.78 is 18.6. The van der Waals surface area contributed by atoms with Crippen molar-refractivity contribution in [3.8, 4) is 5.75 Å². The van der Waals surface area contributed by atoms with Gasteiger partial charge in [-0.05, 0) is 31.5 Å². The molecular formula is C12H19FN2O. The van der Waals surface area contributed by atoms with Crippen molar-refractivity contribution in [1.29, 1.82) is 0 Å². The minimum atomic E-state index is -0.341. The zero-order chi connectivity index (χ0) is 12.0. The van der Waals surface area contributed by atoms with Crippen molar-refractivity contribution in [3.05, 3.63) is 24.0 Å². The molecule has 0 aliphatic rings. The lowest BCUT2D eigenvalue weighted by molar-refractivity contribution is 0.321. The molecule has 0 aromatic heterocycles. The predicted octanol–water partition coefficient (Wildman–Crippen LogP) is 2.23. The molecule has 3 N–H and O–H groups in total. The normalized spacial score (nSPS) is 12.2. The molecule has 3 nitrogen and oxygen atoms in total. The molecule has 16 heavy (non-hydrogen) atoms. The van der Waals surface area contributed by atoms with E-state index in [1.165, 1.54) is 6.07 Å². The van der Waals surface area contributed by atoms with Gasteiger partial charge >= 0.3 is 0 Å². The first-order valence-electron chi connectivity index (χ1n) is 5.53. The number of hydrogen-bond donors (Lipinski definition) is 2. The number of nitrogens with one attached hydrogen (secondary N) is 1. The van der Waals surface area contributed by atoms with Gasteiger partial charge < -0.3 is 15.8 Å². The van der Waals surface area contributed by atoms with Crippen LogP contribution in [0.5, 0.6) is 5.75 Å². The Morgan fingerprint density at radius 2 is 2.25 bits per heavy atom. The van der Waals surface area contributed by atoms with Crippen LogP contribution >= 0.6 is 0 Å². The molecule has 4 heteroatoms. The average molecular weight is 226 g/mol. The molecule has 0 saturated heterocycles. The van der Waals surface area contributed by atoms with Gasteiger partial charge in [0.05, 0.1) is 6.61 Å². The summed E-state index contributed by atoms with van der Waals surface area (Å²) in [6, 6.07) is 4.87. The maximum Gasteiger partial charge on any atom is 0.167 e. The third-order valence-electron chi connectivity index (χ3n) is 2.29. The van der Waals surface area contributed by atoms with Crippen LogP contribution in [0.2, 0.25) is 0 Å². The van der Waals surface area contributed by atoms with Crippen molar-refractivity contribution in [2.24, 2.45) is 11.7 Å². The second-order valence-electron chi connectivity index (χ2n) is 3.80. The topological polar surface area (TPSA) is 47.3 Å². The lowest BCUT2D eigenvalue weighted by atomic mass is 10.2. The third-order valence-corrected chi connectivity index (χ3v) is 2.29. The molecule has 1 aromatic rings. The molecule has 0 aliphatic heterocycles. The molecule has 1 atom stereocenters. The summed E-state index contributed by atoms with van der Waals surface area (Å²) in [4.78, 5) is 0. The van der Waals surface area contributed by atoms with Gasteiger partial charge in [-0.15, -0.1) is 0 Å². The van der Waals surface area contributed by atoms with Gasteiger partial charge in [0.25, 0.3) is 0 Å². The van der Waals surface area contributed by atoms with Gasteiger partial charge in [0.1, 0.15) is 0 Å². The third kappa shape index (κ3) is 3.70. The number of rotatable bonds is 6. The molecule has 1 unspecified atom stereocenters. The van der Waals surface area contributed by atoms with Crippen molar-refractivity contribution >= 4 is 5.69 Å². The van der Waals surface area contributed by atoms with Crippen LogP contribution < -0.4 is 15.8 Å². The van der Waals surface area contributed by atoms with E-state index in [0.29, 0.717) is 24.8 Å². The van der Waals surface area contributed by atoms with E-state index in [1.807, 2.05) is 13.8 Å². The largest absolute Gasteiger partial charge is 0.491 e. The van der Waals surface area contributed by atoms with Crippen molar-refractivity contribution in [2.75, 3.05) is 25.0 Å². The number of hydrogen-bond acceptors (Lipinski definition) is 3. The standard InChI is InChI=1S/C12H19FN2O/c1-3-16-12-5-4-10(6-11(12)13)15-8-9(2)7-14/h4-6,9,15H,3,7-8,14H2,1-2H3. The van der Waals surface area contributed by atoms with Crippen LogP contribution in [0.15, 0.2) is 18.2 Å². The molecule has 0 saturated carbocycles. The summed E-state index contributed by atoms with van der Waals surface area (Å²) in [6.07, 6.45) is 0. The van der Waals surface area contributed by atoms with E-state index < -0.39 is 0 Å². The lowest BCUT2D eigenvalue weighted by Gasteiger charge is -2.12. The molecule has 0 amide bonds. The van der Waals surface area contributed by atoms with Gasteiger partial charge in [-0.2, -0.15) is 0 Å². The summed E-state index contributed by atoms with van der Waals surface area (Å²) in [7, 11) is 0. The molecule has 1 aromatic carbocycles. The molecule has 1 rings (SSSR count). The second-order valence-corrected chi connectivity index (χ2v) is 3.80. The van der Waals surface area contributed by atoms with E-state index >= 15 is 0 Å². The first kappa shape index (κ1) is 12.8. The Bertz CT molecular complexity index is 331. The van der Waals surface area contributed by atoms with Gasteiger partial charge in [0.15, 0.2) is 11.6 Å². The van der Waals surface area contributed by atoms with Gasteiger partial charge in [-0.3, -0.25) is 0 Å².